The van der Waals surface area contributed by atoms with Crippen molar-refractivity contribution in [1.82, 2.24) is 0 Å². The fourth-order valence-electron chi connectivity index (χ4n) is 0.500. The standard InChI is InChI=1S/C6H13BrO/c1-4-5(7)6(2,3)8/h5,8H,4H2,1-3H3. The third kappa shape index (κ3) is 2.68. The van der Waals surface area contributed by atoms with Gasteiger partial charge in [0.25, 0.3) is 0 Å². The summed E-state index contributed by atoms with van der Waals surface area (Å²) in [6.45, 7) is 5.64. The zero-order valence-electron chi connectivity index (χ0n) is 5.61. The highest BCUT2D eigenvalue weighted by Crippen LogP contribution is 2.19. The quantitative estimate of drug-likeness (QED) is 0.645. The highest BCUT2D eigenvalue weighted by molar-refractivity contribution is 9.09. The molecule has 1 N–H and O–H groups in total. The summed E-state index contributed by atoms with van der Waals surface area (Å²) < 4.78 is 0. The second-order valence-electron chi connectivity index (χ2n) is 2.53. The van der Waals surface area contributed by atoms with Gasteiger partial charge in [-0.2, -0.15) is 0 Å². The number of alkyl halides is 1. The SMILES string of the molecule is CCC(Br)C(C)(C)O. The third-order valence-corrected chi connectivity index (χ3v) is 2.89. The Kier molecular flexibility index (Phi) is 2.99. The fourth-order valence-corrected chi connectivity index (χ4v) is 0.500. The maximum Gasteiger partial charge on any atom is 0.0716 e. The molecule has 1 unspecified atom stereocenters. The first-order chi connectivity index (χ1) is 3.48. The zero-order chi connectivity index (χ0) is 6.78. The molecule has 0 aromatic carbocycles. The van der Waals surface area contributed by atoms with E-state index in [-0.39, 0.29) is 4.83 Å². The Labute approximate surface area is 59.2 Å². The van der Waals surface area contributed by atoms with Crippen LogP contribution in [0.3, 0.4) is 0 Å². The predicted octanol–water partition coefficient (Wildman–Crippen LogP) is 1.93. The lowest BCUT2D eigenvalue weighted by Gasteiger charge is -2.22. The summed E-state index contributed by atoms with van der Waals surface area (Å²) >= 11 is 3.35. The van der Waals surface area contributed by atoms with E-state index in [9.17, 15) is 5.11 Å². The van der Waals surface area contributed by atoms with Gasteiger partial charge in [-0.15, -0.1) is 0 Å². The van der Waals surface area contributed by atoms with Crippen LogP contribution in [0.25, 0.3) is 0 Å². The molecule has 0 saturated heterocycles. The molecule has 0 saturated carbocycles. The van der Waals surface area contributed by atoms with Gasteiger partial charge in [0, 0.05) is 4.83 Å². The molecule has 0 amide bonds. The zero-order valence-corrected chi connectivity index (χ0v) is 7.20. The van der Waals surface area contributed by atoms with Crippen molar-refractivity contribution in [3.8, 4) is 0 Å². The molecule has 0 aromatic heterocycles. The van der Waals surface area contributed by atoms with Gasteiger partial charge in [-0.25, -0.2) is 0 Å². The monoisotopic (exact) mass is 180 g/mol. The van der Waals surface area contributed by atoms with E-state index in [4.69, 9.17) is 0 Å². The molecular weight excluding hydrogens is 168 g/mol. The first-order valence-electron chi connectivity index (χ1n) is 2.85. The molecule has 1 atom stereocenters. The van der Waals surface area contributed by atoms with Crippen LogP contribution < -0.4 is 0 Å². The van der Waals surface area contributed by atoms with Crippen molar-refractivity contribution in [2.75, 3.05) is 0 Å². The predicted molar refractivity (Wildman–Crippen MR) is 39.3 cm³/mol. The van der Waals surface area contributed by atoms with Gasteiger partial charge in [0.15, 0.2) is 0 Å². The van der Waals surface area contributed by atoms with Crippen molar-refractivity contribution < 1.29 is 5.11 Å². The summed E-state index contributed by atoms with van der Waals surface area (Å²) in [7, 11) is 0. The molecule has 1 nitrogen and oxygen atoms in total. The van der Waals surface area contributed by atoms with E-state index in [0.29, 0.717) is 0 Å². The van der Waals surface area contributed by atoms with Crippen molar-refractivity contribution in [2.24, 2.45) is 0 Å². The Hall–Kier alpha value is 0.440. The van der Waals surface area contributed by atoms with E-state index in [1.807, 2.05) is 6.92 Å². The third-order valence-electron chi connectivity index (χ3n) is 1.12. The van der Waals surface area contributed by atoms with E-state index >= 15 is 0 Å². The van der Waals surface area contributed by atoms with Gasteiger partial charge < -0.3 is 5.11 Å². The minimum Gasteiger partial charge on any atom is -0.389 e. The van der Waals surface area contributed by atoms with E-state index in [1.54, 1.807) is 13.8 Å². The van der Waals surface area contributed by atoms with Crippen molar-refractivity contribution in [1.29, 1.82) is 0 Å². The molecule has 0 rings (SSSR count). The Balaban J connectivity index is 3.62. The molecule has 0 heterocycles. The van der Waals surface area contributed by atoms with Crippen LogP contribution in [0.5, 0.6) is 0 Å². The maximum atomic E-state index is 9.24. The Morgan fingerprint density at radius 1 is 1.62 bits per heavy atom. The first kappa shape index (κ1) is 8.44. The lowest BCUT2D eigenvalue weighted by molar-refractivity contribution is 0.0787. The molecule has 0 aromatic rings. The lowest BCUT2D eigenvalue weighted by atomic mass is 10.0. The van der Waals surface area contributed by atoms with Gasteiger partial charge in [0.2, 0.25) is 0 Å². The normalized spacial score (nSPS) is 16.1. The van der Waals surface area contributed by atoms with Gasteiger partial charge in [-0.1, -0.05) is 22.9 Å². The number of rotatable bonds is 2. The summed E-state index contributed by atoms with van der Waals surface area (Å²) in [5.74, 6) is 0. The lowest BCUT2D eigenvalue weighted by Crippen LogP contribution is -2.30. The van der Waals surface area contributed by atoms with Crippen molar-refractivity contribution in [2.45, 2.75) is 37.6 Å². The van der Waals surface area contributed by atoms with Crippen LogP contribution in [0.4, 0.5) is 0 Å². The second-order valence-corrected chi connectivity index (χ2v) is 3.63. The maximum absolute atomic E-state index is 9.24. The minimum absolute atomic E-state index is 0.218. The van der Waals surface area contributed by atoms with Crippen LogP contribution >= 0.6 is 15.9 Å². The molecule has 8 heavy (non-hydrogen) atoms. The summed E-state index contributed by atoms with van der Waals surface area (Å²) in [4.78, 5) is 0.218. The number of halogens is 1. The average Bonchev–Trinajstić information content (AvgIpc) is 1.62. The Morgan fingerprint density at radius 2 is 2.00 bits per heavy atom. The van der Waals surface area contributed by atoms with Crippen molar-refractivity contribution >= 4 is 15.9 Å². The molecular formula is C6H13BrO. The molecule has 2 heteroatoms. The Bertz CT molecular complexity index is 65.4. The molecule has 0 spiro atoms. The summed E-state index contributed by atoms with van der Waals surface area (Å²) in [5, 5.41) is 9.24. The first-order valence-corrected chi connectivity index (χ1v) is 3.76. The summed E-state index contributed by atoms with van der Waals surface area (Å²) in [5.41, 5.74) is -0.575. The largest absolute Gasteiger partial charge is 0.389 e. The average molecular weight is 181 g/mol. The van der Waals surface area contributed by atoms with Crippen molar-refractivity contribution in [3.05, 3.63) is 0 Å². The van der Waals surface area contributed by atoms with Crippen LogP contribution in [0.1, 0.15) is 27.2 Å². The molecule has 0 aliphatic heterocycles. The molecule has 0 aliphatic rings. The van der Waals surface area contributed by atoms with Crippen LogP contribution in [0, 0.1) is 0 Å². The molecule has 0 aliphatic carbocycles. The van der Waals surface area contributed by atoms with E-state index in [2.05, 4.69) is 15.9 Å². The topological polar surface area (TPSA) is 20.2 Å². The molecule has 0 radical (unpaired) electrons. The van der Waals surface area contributed by atoms with Crippen LogP contribution in [0.2, 0.25) is 0 Å². The van der Waals surface area contributed by atoms with Gasteiger partial charge in [-0.3, -0.25) is 0 Å². The molecule has 0 fully saturated rings. The van der Waals surface area contributed by atoms with Crippen LogP contribution in [-0.4, -0.2) is 15.5 Å². The van der Waals surface area contributed by atoms with Gasteiger partial charge in [0.05, 0.1) is 5.60 Å². The molecule has 0 bridgehead atoms. The fraction of sp³-hybridized carbons (Fsp3) is 1.00. The number of hydrogen-bond donors (Lipinski definition) is 1. The summed E-state index contributed by atoms with van der Waals surface area (Å²) in [6, 6.07) is 0. The number of aliphatic hydroxyl groups is 1. The van der Waals surface area contributed by atoms with Gasteiger partial charge in [0.1, 0.15) is 0 Å². The van der Waals surface area contributed by atoms with Crippen molar-refractivity contribution in [3.63, 3.8) is 0 Å². The smallest absolute Gasteiger partial charge is 0.0716 e. The van der Waals surface area contributed by atoms with Crippen LogP contribution in [0.15, 0.2) is 0 Å². The van der Waals surface area contributed by atoms with Gasteiger partial charge >= 0.3 is 0 Å². The van der Waals surface area contributed by atoms with Crippen LogP contribution in [-0.2, 0) is 0 Å². The van der Waals surface area contributed by atoms with E-state index in [0.717, 1.165) is 6.42 Å². The molecule has 50 valence electrons. The minimum atomic E-state index is -0.575. The Morgan fingerprint density at radius 3 is 2.00 bits per heavy atom. The summed E-state index contributed by atoms with van der Waals surface area (Å²) in [6.07, 6.45) is 0.962. The highest BCUT2D eigenvalue weighted by atomic mass is 79.9. The van der Waals surface area contributed by atoms with E-state index < -0.39 is 5.60 Å². The second kappa shape index (κ2) is 2.83. The highest BCUT2D eigenvalue weighted by Gasteiger charge is 2.21. The van der Waals surface area contributed by atoms with Gasteiger partial charge in [-0.05, 0) is 20.3 Å². The van der Waals surface area contributed by atoms with E-state index in [1.165, 1.54) is 0 Å². The number of hydrogen-bond acceptors (Lipinski definition) is 1.